The SMILES string of the molecule is CCc1cccc(CCC(=O)O)c1NC. The van der Waals surface area contributed by atoms with Gasteiger partial charge in [-0.05, 0) is 24.0 Å². The maximum Gasteiger partial charge on any atom is 0.303 e. The molecule has 0 saturated heterocycles. The molecule has 2 N–H and O–H groups in total. The van der Waals surface area contributed by atoms with E-state index in [1.807, 2.05) is 19.2 Å². The van der Waals surface area contributed by atoms with Crippen molar-refractivity contribution in [2.45, 2.75) is 26.2 Å². The van der Waals surface area contributed by atoms with Gasteiger partial charge in [0.2, 0.25) is 0 Å². The number of hydrogen-bond donors (Lipinski definition) is 2. The van der Waals surface area contributed by atoms with Crippen molar-refractivity contribution in [3.63, 3.8) is 0 Å². The lowest BCUT2D eigenvalue weighted by molar-refractivity contribution is -0.136. The molecule has 0 aliphatic heterocycles. The molecule has 1 aromatic rings. The van der Waals surface area contributed by atoms with Crippen molar-refractivity contribution in [1.82, 2.24) is 0 Å². The van der Waals surface area contributed by atoms with E-state index in [4.69, 9.17) is 5.11 Å². The van der Waals surface area contributed by atoms with E-state index in [0.29, 0.717) is 6.42 Å². The highest BCUT2D eigenvalue weighted by Crippen LogP contribution is 2.22. The number of carboxylic acids is 1. The zero-order chi connectivity index (χ0) is 11.3. The fourth-order valence-corrected chi connectivity index (χ4v) is 1.72. The van der Waals surface area contributed by atoms with Crippen molar-refractivity contribution in [3.05, 3.63) is 29.3 Å². The van der Waals surface area contributed by atoms with E-state index < -0.39 is 5.97 Å². The number of para-hydroxylation sites is 1. The van der Waals surface area contributed by atoms with Crippen molar-refractivity contribution in [1.29, 1.82) is 0 Å². The first-order chi connectivity index (χ1) is 7.19. The molecule has 3 nitrogen and oxygen atoms in total. The summed E-state index contributed by atoms with van der Waals surface area (Å²) in [5, 5.41) is 11.8. The molecule has 15 heavy (non-hydrogen) atoms. The Morgan fingerprint density at radius 3 is 2.60 bits per heavy atom. The van der Waals surface area contributed by atoms with Crippen LogP contribution in [0.25, 0.3) is 0 Å². The number of carbonyl (C=O) groups is 1. The van der Waals surface area contributed by atoms with Gasteiger partial charge in [-0.2, -0.15) is 0 Å². The van der Waals surface area contributed by atoms with Crippen LogP contribution >= 0.6 is 0 Å². The van der Waals surface area contributed by atoms with Crippen LogP contribution < -0.4 is 5.32 Å². The van der Waals surface area contributed by atoms with Gasteiger partial charge < -0.3 is 10.4 Å². The lowest BCUT2D eigenvalue weighted by Crippen LogP contribution is -2.03. The van der Waals surface area contributed by atoms with Crippen LogP contribution in [0.5, 0.6) is 0 Å². The molecule has 1 aromatic carbocycles. The fourth-order valence-electron chi connectivity index (χ4n) is 1.72. The quantitative estimate of drug-likeness (QED) is 0.779. The van der Waals surface area contributed by atoms with E-state index >= 15 is 0 Å². The number of aryl methyl sites for hydroxylation is 2. The van der Waals surface area contributed by atoms with Crippen LogP contribution in [0.1, 0.15) is 24.5 Å². The molecule has 0 amide bonds. The molecule has 0 atom stereocenters. The van der Waals surface area contributed by atoms with Crippen LogP contribution in [-0.2, 0) is 17.6 Å². The van der Waals surface area contributed by atoms with E-state index in [1.54, 1.807) is 0 Å². The van der Waals surface area contributed by atoms with Gasteiger partial charge in [-0.1, -0.05) is 25.1 Å². The van der Waals surface area contributed by atoms with E-state index in [1.165, 1.54) is 5.56 Å². The summed E-state index contributed by atoms with van der Waals surface area (Å²) < 4.78 is 0. The Bertz CT molecular complexity index is 347. The zero-order valence-corrected chi connectivity index (χ0v) is 9.21. The smallest absolute Gasteiger partial charge is 0.303 e. The van der Waals surface area contributed by atoms with Gasteiger partial charge in [0.25, 0.3) is 0 Å². The number of anilines is 1. The summed E-state index contributed by atoms with van der Waals surface area (Å²) in [6, 6.07) is 6.03. The third-order valence-corrected chi connectivity index (χ3v) is 2.48. The topological polar surface area (TPSA) is 49.3 Å². The Labute approximate surface area is 90.1 Å². The van der Waals surface area contributed by atoms with E-state index in [2.05, 4.69) is 18.3 Å². The lowest BCUT2D eigenvalue weighted by Gasteiger charge is -2.12. The number of aliphatic carboxylic acids is 1. The molecule has 3 heteroatoms. The largest absolute Gasteiger partial charge is 0.481 e. The number of hydrogen-bond acceptors (Lipinski definition) is 2. The van der Waals surface area contributed by atoms with Crippen molar-refractivity contribution in [3.8, 4) is 0 Å². The Balaban J connectivity index is 2.90. The standard InChI is InChI=1S/C12H17NO2/c1-3-9-5-4-6-10(12(9)13-2)7-8-11(14)15/h4-6,13H,3,7-8H2,1-2H3,(H,14,15). The van der Waals surface area contributed by atoms with Gasteiger partial charge in [-0.15, -0.1) is 0 Å². The predicted molar refractivity (Wildman–Crippen MR) is 61.3 cm³/mol. The molecule has 0 aliphatic rings. The third-order valence-electron chi connectivity index (χ3n) is 2.48. The molecule has 0 fully saturated rings. The summed E-state index contributed by atoms with van der Waals surface area (Å²) in [5.74, 6) is -0.751. The third kappa shape index (κ3) is 2.98. The average Bonchev–Trinajstić information content (AvgIpc) is 2.25. The molecule has 0 spiro atoms. The molecule has 1 rings (SSSR count). The van der Waals surface area contributed by atoms with Gasteiger partial charge in [-0.25, -0.2) is 0 Å². The van der Waals surface area contributed by atoms with E-state index in [-0.39, 0.29) is 6.42 Å². The first kappa shape index (κ1) is 11.6. The summed E-state index contributed by atoms with van der Waals surface area (Å²) in [6.07, 6.45) is 1.72. The van der Waals surface area contributed by atoms with Gasteiger partial charge in [0.05, 0.1) is 0 Å². The monoisotopic (exact) mass is 207 g/mol. The molecule has 0 bridgehead atoms. The maximum atomic E-state index is 10.5. The molecule has 0 heterocycles. The lowest BCUT2D eigenvalue weighted by atomic mass is 10.0. The highest BCUT2D eigenvalue weighted by molar-refractivity contribution is 5.68. The van der Waals surface area contributed by atoms with Crippen LogP contribution in [0.2, 0.25) is 0 Å². The molecule has 0 saturated carbocycles. The van der Waals surface area contributed by atoms with Crippen molar-refractivity contribution < 1.29 is 9.90 Å². The van der Waals surface area contributed by atoms with Gasteiger partial charge >= 0.3 is 5.97 Å². The fraction of sp³-hybridized carbons (Fsp3) is 0.417. The second-order valence-electron chi connectivity index (χ2n) is 3.45. The van der Waals surface area contributed by atoms with Crippen molar-refractivity contribution in [2.75, 3.05) is 12.4 Å². The van der Waals surface area contributed by atoms with Gasteiger partial charge in [0.15, 0.2) is 0 Å². The average molecular weight is 207 g/mol. The summed E-state index contributed by atoms with van der Waals surface area (Å²) in [7, 11) is 1.87. The van der Waals surface area contributed by atoms with Crippen molar-refractivity contribution >= 4 is 11.7 Å². The summed E-state index contributed by atoms with van der Waals surface area (Å²) in [6.45, 7) is 2.09. The number of benzene rings is 1. The summed E-state index contributed by atoms with van der Waals surface area (Å²) in [4.78, 5) is 10.5. The Morgan fingerprint density at radius 1 is 1.40 bits per heavy atom. The maximum absolute atomic E-state index is 10.5. The molecular weight excluding hydrogens is 190 g/mol. The van der Waals surface area contributed by atoms with Crippen LogP contribution in [-0.4, -0.2) is 18.1 Å². The molecule has 82 valence electrons. The highest BCUT2D eigenvalue weighted by Gasteiger charge is 2.06. The summed E-state index contributed by atoms with van der Waals surface area (Å²) >= 11 is 0. The minimum Gasteiger partial charge on any atom is -0.481 e. The number of carboxylic acid groups (broad SMARTS) is 1. The van der Waals surface area contributed by atoms with E-state index in [9.17, 15) is 4.79 Å². The van der Waals surface area contributed by atoms with Crippen molar-refractivity contribution in [2.24, 2.45) is 0 Å². The second kappa shape index (κ2) is 5.39. The minimum absolute atomic E-state index is 0.182. The first-order valence-corrected chi connectivity index (χ1v) is 5.19. The Hall–Kier alpha value is -1.51. The molecule has 0 unspecified atom stereocenters. The van der Waals surface area contributed by atoms with E-state index in [0.717, 1.165) is 17.7 Å². The second-order valence-corrected chi connectivity index (χ2v) is 3.45. The van der Waals surface area contributed by atoms with Gasteiger partial charge in [0, 0.05) is 19.2 Å². The van der Waals surface area contributed by atoms with Crippen LogP contribution in [0, 0.1) is 0 Å². The van der Waals surface area contributed by atoms with Crippen LogP contribution in [0.15, 0.2) is 18.2 Å². The highest BCUT2D eigenvalue weighted by atomic mass is 16.4. The Kier molecular flexibility index (Phi) is 4.16. The molecule has 0 radical (unpaired) electrons. The minimum atomic E-state index is -0.751. The van der Waals surface area contributed by atoms with Gasteiger partial charge in [-0.3, -0.25) is 4.79 Å². The van der Waals surface area contributed by atoms with Crippen LogP contribution in [0.4, 0.5) is 5.69 Å². The van der Waals surface area contributed by atoms with Crippen LogP contribution in [0.3, 0.4) is 0 Å². The molecule has 0 aliphatic carbocycles. The number of rotatable bonds is 5. The Morgan fingerprint density at radius 2 is 2.07 bits per heavy atom. The molecular formula is C12H17NO2. The van der Waals surface area contributed by atoms with Gasteiger partial charge in [0.1, 0.15) is 0 Å². The normalized spacial score (nSPS) is 10.0. The summed E-state index contributed by atoms with van der Waals surface area (Å²) in [5.41, 5.74) is 3.40. The molecule has 0 aromatic heterocycles. The number of nitrogens with one attached hydrogen (secondary N) is 1. The predicted octanol–water partition coefficient (Wildman–Crippen LogP) is 2.31. The first-order valence-electron chi connectivity index (χ1n) is 5.19. The zero-order valence-electron chi connectivity index (χ0n) is 9.21.